The molecule has 0 aromatic carbocycles. The van der Waals surface area contributed by atoms with E-state index in [1.54, 1.807) is 16.0 Å². The molecule has 0 aromatic heterocycles. The van der Waals surface area contributed by atoms with E-state index in [9.17, 15) is 0 Å². The summed E-state index contributed by atoms with van der Waals surface area (Å²) in [4.78, 5) is 0. The zero-order chi connectivity index (χ0) is 16.3. The van der Waals surface area contributed by atoms with E-state index < -0.39 is 0 Å². The standard InChI is InChI=1S/C19H40Se3/c1-4-7-10-13-16-20-19(21-17-14-11-8-5-2)22-18-15-12-9-6-3/h19H,4-18H2,1-3H3. The van der Waals surface area contributed by atoms with E-state index in [2.05, 4.69) is 20.8 Å². The second-order valence-electron chi connectivity index (χ2n) is 6.08. The summed E-state index contributed by atoms with van der Waals surface area (Å²) < 4.78 is 1.23. The molecule has 3 heteroatoms. The molecule has 134 valence electrons. The monoisotopic (exact) mass is 508 g/mol. The summed E-state index contributed by atoms with van der Waals surface area (Å²) in [6.07, 6.45) is 17.6. The van der Waals surface area contributed by atoms with Gasteiger partial charge >= 0.3 is 161 Å². The van der Waals surface area contributed by atoms with Crippen molar-refractivity contribution in [2.45, 2.75) is 116 Å². The van der Waals surface area contributed by atoms with Gasteiger partial charge in [-0.15, -0.1) is 0 Å². The van der Waals surface area contributed by atoms with Crippen LogP contribution >= 0.6 is 0 Å². The molecule has 0 saturated heterocycles. The molecule has 0 aliphatic rings. The molecule has 0 N–H and O–H groups in total. The molecule has 0 aromatic rings. The molecule has 0 atom stereocenters. The van der Waals surface area contributed by atoms with Crippen molar-refractivity contribution in [1.29, 1.82) is 0 Å². The van der Waals surface area contributed by atoms with Gasteiger partial charge in [0.15, 0.2) is 0 Å². The van der Waals surface area contributed by atoms with Crippen molar-refractivity contribution in [3.05, 3.63) is 0 Å². The molecule has 0 amide bonds. The third-order valence-electron chi connectivity index (χ3n) is 3.76. The van der Waals surface area contributed by atoms with Gasteiger partial charge < -0.3 is 0 Å². The summed E-state index contributed by atoms with van der Waals surface area (Å²) >= 11 is 2.97. The summed E-state index contributed by atoms with van der Waals surface area (Å²) in [5.74, 6) is 0. The Morgan fingerprint density at radius 2 is 0.773 bits per heavy atom. The molecule has 0 radical (unpaired) electrons. The van der Waals surface area contributed by atoms with Crippen molar-refractivity contribution in [2.75, 3.05) is 0 Å². The van der Waals surface area contributed by atoms with E-state index in [0.29, 0.717) is 0 Å². The van der Waals surface area contributed by atoms with Crippen molar-refractivity contribution >= 4 is 44.9 Å². The third-order valence-corrected chi connectivity index (χ3v) is 17.7. The normalized spacial score (nSPS) is 11.5. The van der Waals surface area contributed by atoms with Gasteiger partial charge in [0.05, 0.1) is 0 Å². The van der Waals surface area contributed by atoms with Crippen LogP contribution in [0, 0.1) is 0 Å². The number of hydrogen-bond donors (Lipinski definition) is 0. The van der Waals surface area contributed by atoms with Gasteiger partial charge in [-0.05, 0) is 0 Å². The van der Waals surface area contributed by atoms with Gasteiger partial charge in [0.2, 0.25) is 0 Å². The molecule has 0 spiro atoms. The van der Waals surface area contributed by atoms with Crippen LogP contribution in [0.15, 0.2) is 0 Å². The Kier molecular flexibility index (Phi) is 22.1. The minimum absolute atomic E-state index is 0.989. The van der Waals surface area contributed by atoms with Crippen LogP contribution in [0.1, 0.15) is 97.8 Å². The van der Waals surface area contributed by atoms with Crippen molar-refractivity contribution < 1.29 is 0 Å². The Bertz CT molecular complexity index is 164. The van der Waals surface area contributed by atoms with Crippen LogP contribution in [-0.4, -0.2) is 44.9 Å². The van der Waals surface area contributed by atoms with Crippen LogP contribution < -0.4 is 0 Å². The molecule has 0 aliphatic carbocycles. The summed E-state index contributed by atoms with van der Waals surface area (Å²) in [6, 6.07) is 0. The first-order chi connectivity index (χ1) is 10.8. The number of hydrogen-bond acceptors (Lipinski definition) is 0. The molecule has 0 heterocycles. The Labute approximate surface area is 160 Å². The van der Waals surface area contributed by atoms with E-state index in [1.165, 1.54) is 79.7 Å². The van der Waals surface area contributed by atoms with Gasteiger partial charge in [0, 0.05) is 0 Å². The molecular weight excluding hydrogens is 465 g/mol. The van der Waals surface area contributed by atoms with Crippen LogP contribution in [0.2, 0.25) is 18.6 Å². The molecular formula is C19H40Se3. The Morgan fingerprint density at radius 1 is 0.455 bits per heavy atom. The van der Waals surface area contributed by atoms with Crippen LogP contribution in [0.5, 0.6) is 0 Å². The summed E-state index contributed by atoms with van der Waals surface area (Å²) in [5.41, 5.74) is 0. The molecule has 0 bridgehead atoms. The maximum absolute atomic E-state index is 2.33. The zero-order valence-electron chi connectivity index (χ0n) is 15.4. The fraction of sp³-hybridized carbons (Fsp3) is 1.00. The minimum atomic E-state index is 0.989. The number of rotatable bonds is 18. The van der Waals surface area contributed by atoms with Gasteiger partial charge in [-0.1, -0.05) is 0 Å². The van der Waals surface area contributed by atoms with E-state index >= 15 is 0 Å². The molecule has 0 rings (SSSR count). The maximum atomic E-state index is 2.33. The average molecular weight is 505 g/mol. The average Bonchev–Trinajstić information content (AvgIpc) is 2.53. The SMILES string of the molecule is CCCCCC[Se]C([Se]CCCCCC)[Se]CCCCCC. The first-order valence-electron chi connectivity index (χ1n) is 9.69. The van der Waals surface area contributed by atoms with E-state index in [0.717, 1.165) is 44.9 Å². The molecule has 0 aliphatic heterocycles. The van der Waals surface area contributed by atoms with Crippen molar-refractivity contribution in [3.8, 4) is 0 Å². The molecule has 0 fully saturated rings. The van der Waals surface area contributed by atoms with Gasteiger partial charge in [-0.25, -0.2) is 0 Å². The molecule has 0 saturated carbocycles. The van der Waals surface area contributed by atoms with Gasteiger partial charge in [-0.3, -0.25) is 0 Å². The van der Waals surface area contributed by atoms with Gasteiger partial charge in [0.25, 0.3) is 0 Å². The topological polar surface area (TPSA) is 0 Å². The van der Waals surface area contributed by atoms with Crippen LogP contribution in [0.25, 0.3) is 0 Å². The van der Waals surface area contributed by atoms with Gasteiger partial charge in [0.1, 0.15) is 0 Å². The van der Waals surface area contributed by atoms with Crippen molar-refractivity contribution in [1.82, 2.24) is 0 Å². The fourth-order valence-electron chi connectivity index (χ4n) is 2.27. The predicted molar refractivity (Wildman–Crippen MR) is 108 cm³/mol. The first kappa shape index (κ1) is 23.6. The summed E-state index contributed by atoms with van der Waals surface area (Å²) in [5, 5.41) is 4.77. The Morgan fingerprint density at radius 3 is 1.05 bits per heavy atom. The summed E-state index contributed by atoms with van der Waals surface area (Å²) in [6.45, 7) is 6.98. The Balaban J connectivity index is 3.72. The predicted octanol–water partition coefficient (Wildman–Crippen LogP) is 6.80. The first-order valence-corrected chi connectivity index (χ1v) is 16.3. The molecule has 22 heavy (non-hydrogen) atoms. The van der Waals surface area contributed by atoms with E-state index in [-0.39, 0.29) is 0 Å². The zero-order valence-corrected chi connectivity index (χ0v) is 20.5. The second kappa shape index (κ2) is 20.6. The van der Waals surface area contributed by atoms with E-state index in [1.807, 2.05) is 0 Å². The quantitative estimate of drug-likeness (QED) is 0.142. The number of unbranched alkanes of at least 4 members (excludes halogenated alkanes) is 9. The van der Waals surface area contributed by atoms with E-state index in [4.69, 9.17) is 0 Å². The summed E-state index contributed by atoms with van der Waals surface area (Å²) in [7, 11) is 0. The third kappa shape index (κ3) is 17.9. The molecule has 0 nitrogen and oxygen atoms in total. The van der Waals surface area contributed by atoms with Gasteiger partial charge in [-0.2, -0.15) is 0 Å². The van der Waals surface area contributed by atoms with Crippen LogP contribution in [-0.2, 0) is 0 Å². The van der Waals surface area contributed by atoms with Crippen LogP contribution in [0.4, 0.5) is 0 Å². The van der Waals surface area contributed by atoms with Crippen LogP contribution in [0.3, 0.4) is 0 Å². The molecule has 0 unspecified atom stereocenters. The Hall–Kier alpha value is 1.56. The van der Waals surface area contributed by atoms with Crippen molar-refractivity contribution in [2.24, 2.45) is 0 Å². The fourth-order valence-corrected chi connectivity index (χ4v) is 15.9. The van der Waals surface area contributed by atoms with Crippen molar-refractivity contribution in [3.63, 3.8) is 0 Å². The second-order valence-corrected chi connectivity index (χ2v) is 18.3.